The van der Waals surface area contributed by atoms with Crippen molar-refractivity contribution in [1.29, 1.82) is 0 Å². The summed E-state index contributed by atoms with van der Waals surface area (Å²) in [6, 6.07) is 4.21. The number of thiocarbonyl (C=S) groups is 1. The van der Waals surface area contributed by atoms with Crippen molar-refractivity contribution in [1.82, 2.24) is 0 Å². The van der Waals surface area contributed by atoms with Crippen LogP contribution in [0.5, 0.6) is 0 Å². The molecule has 4 nitrogen and oxygen atoms in total. The van der Waals surface area contributed by atoms with Crippen LogP contribution >= 0.6 is 12.2 Å². The normalized spacial score (nSPS) is 17.5. The minimum atomic E-state index is -0.881. The fraction of sp³-hybridized carbons (Fsp3) is 0.429. The van der Waals surface area contributed by atoms with Crippen molar-refractivity contribution in [2.24, 2.45) is 11.1 Å². The Morgan fingerprint density at radius 3 is 2.65 bits per heavy atom. The second-order valence-electron chi connectivity index (χ2n) is 4.97. The van der Waals surface area contributed by atoms with E-state index in [4.69, 9.17) is 22.7 Å². The number of ether oxygens (including phenoxy) is 1. The molecule has 20 heavy (non-hydrogen) atoms. The van der Waals surface area contributed by atoms with Gasteiger partial charge in [0.1, 0.15) is 11.2 Å². The first-order valence-electron chi connectivity index (χ1n) is 6.41. The van der Waals surface area contributed by atoms with Gasteiger partial charge in [-0.05, 0) is 43.5 Å². The molecule has 0 unspecified atom stereocenters. The van der Waals surface area contributed by atoms with Crippen LogP contribution in [0.25, 0.3) is 0 Å². The van der Waals surface area contributed by atoms with Crippen LogP contribution in [-0.2, 0) is 9.53 Å². The fourth-order valence-corrected chi connectivity index (χ4v) is 2.61. The third kappa shape index (κ3) is 2.81. The molecule has 0 aliphatic carbocycles. The molecule has 1 saturated heterocycles. The summed E-state index contributed by atoms with van der Waals surface area (Å²) in [7, 11) is 0. The maximum atomic E-state index is 13.1. The molecule has 3 N–H and O–H groups in total. The Bertz CT molecular complexity index is 542. The molecule has 1 aliphatic heterocycles. The van der Waals surface area contributed by atoms with Crippen LogP contribution in [-0.4, -0.2) is 24.1 Å². The minimum Gasteiger partial charge on any atom is -0.392 e. The van der Waals surface area contributed by atoms with Crippen LogP contribution in [0.3, 0.4) is 0 Å². The molecule has 1 heterocycles. The van der Waals surface area contributed by atoms with Gasteiger partial charge in [0.2, 0.25) is 5.91 Å². The second kappa shape index (κ2) is 5.85. The van der Waals surface area contributed by atoms with E-state index < -0.39 is 5.41 Å². The number of amides is 1. The number of aryl methyl sites for hydroxylation is 1. The highest BCUT2D eigenvalue weighted by atomic mass is 32.1. The van der Waals surface area contributed by atoms with E-state index in [2.05, 4.69) is 5.32 Å². The third-order valence-electron chi connectivity index (χ3n) is 3.69. The Hall–Kier alpha value is -1.53. The van der Waals surface area contributed by atoms with Crippen LogP contribution in [0, 0.1) is 18.2 Å². The molecule has 1 aliphatic rings. The van der Waals surface area contributed by atoms with Crippen LogP contribution in [0.4, 0.5) is 10.1 Å². The summed E-state index contributed by atoms with van der Waals surface area (Å²) in [5, 5.41) is 2.80. The maximum absolute atomic E-state index is 13.1. The van der Waals surface area contributed by atoms with Crippen LogP contribution in [0.15, 0.2) is 18.2 Å². The summed E-state index contributed by atoms with van der Waals surface area (Å²) in [5.74, 6) is -0.585. The highest BCUT2D eigenvalue weighted by Crippen LogP contribution is 2.33. The van der Waals surface area contributed by atoms with Crippen LogP contribution in [0.2, 0.25) is 0 Å². The predicted octanol–water partition coefficient (Wildman–Crippen LogP) is 2.16. The molecule has 0 spiro atoms. The van der Waals surface area contributed by atoms with E-state index in [1.165, 1.54) is 18.2 Å². The fourth-order valence-electron chi connectivity index (χ4n) is 2.31. The van der Waals surface area contributed by atoms with Crippen molar-refractivity contribution in [3.8, 4) is 0 Å². The lowest BCUT2D eigenvalue weighted by atomic mass is 9.79. The molecule has 6 heteroatoms. The van der Waals surface area contributed by atoms with Gasteiger partial charge < -0.3 is 15.8 Å². The topological polar surface area (TPSA) is 64.4 Å². The van der Waals surface area contributed by atoms with Crippen LogP contribution < -0.4 is 11.1 Å². The SMILES string of the molecule is Cc1cc(F)ccc1NC(=O)C1(C(N)=S)CCOCC1. The number of nitrogens with one attached hydrogen (secondary N) is 1. The number of rotatable bonds is 3. The zero-order valence-electron chi connectivity index (χ0n) is 11.2. The van der Waals surface area contributed by atoms with Gasteiger partial charge in [0.05, 0.1) is 4.99 Å². The number of carbonyl (C=O) groups excluding carboxylic acids is 1. The first-order valence-corrected chi connectivity index (χ1v) is 6.82. The number of hydrogen-bond donors (Lipinski definition) is 2. The molecule has 1 aromatic rings. The van der Waals surface area contributed by atoms with Gasteiger partial charge in [-0.25, -0.2) is 4.39 Å². The maximum Gasteiger partial charge on any atom is 0.237 e. The van der Waals surface area contributed by atoms with E-state index in [0.29, 0.717) is 37.3 Å². The standard InChI is InChI=1S/C14H17FN2O2S/c1-9-8-10(15)2-3-11(9)17-13(18)14(12(16)20)4-6-19-7-5-14/h2-3,8H,4-7H2,1H3,(H2,16,20)(H,17,18). The molecule has 0 radical (unpaired) electrons. The molecule has 1 fully saturated rings. The van der Waals surface area contributed by atoms with Gasteiger partial charge in [0.25, 0.3) is 0 Å². The molecular weight excluding hydrogens is 279 g/mol. The molecule has 0 aromatic heterocycles. The molecule has 0 saturated carbocycles. The van der Waals surface area contributed by atoms with Crippen LogP contribution in [0.1, 0.15) is 18.4 Å². The van der Waals surface area contributed by atoms with E-state index in [0.717, 1.165) is 0 Å². The Morgan fingerprint density at radius 2 is 2.10 bits per heavy atom. The van der Waals surface area contributed by atoms with E-state index in [-0.39, 0.29) is 16.7 Å². The van der Waals surface area contributed by atoms with Gasteiger partial charge in [0, 0.05) is 18.9 Å². The first kappa shape index (κ1) is 14.9. The monoisotopic (exact) mass is 296 g/mol. The van der Waals surface area contributed by atoms with Crippen molar-refractivity contribution in [2.45, 2.75) is 19.8 Å². The van der Waals surface area contributed by atoms with Crippen molar-refractivity contribution in [2.75, 3.05) is 18.5 Å². The largest absolute Gasteiger partial charge is 0.392 e. The van der Waals surface area contributed by atoms with Crippen molar-refractivity contribution in [3.63, 3.8) is 0 Å². The lowest BCUT2D eigenvalue weighted by molar-refractivity contribution is -0.126. The lowest BCUT2D eigenvalue weighted by Gasteiger charge is -2.34. The molecule has 2 rings (SSSR count). The highest BCUT2D eigenvalue weighted by molar-refractivity contribution is 7.80. The summed E-state index contributed by atoms with van der Waals surface area (Å²) in [6.45, 7) is 2.64. The highest BCUT2D eigenvalue weighted by Gasteiger charge is 2.43. The van der Waals surface area contributed by atoms with Gasteiger partial charge in [-0.3, -0.25) is 4.79 Å². The first-order chi connectivity index (χ1) is 9.45. The number of carbonyl (C=O) groups is 1. The summed E-state index contributed by atoms with van der Waals surface area (Å²) in [6.07, 6.45) is 0.933. The molecular formula is C14H17FN2O2S. The molecule has 0 atom stereocenters. The summed E-state index contributed by atoms with van der Waals surface area (Å²) >= 11 is 5.08. The van der Waals surface area contributed by atoms with Crippen molar-refractivity contribution >= 4 is 28.8 Å². The summed E-state index contributed by atoms with van der Waals surface area (Å²) < 4.78 is 18.3. The lowest BCUT2D eigenvalue weighted by Crippen LogP contribution is -2.49. The zero-order valence-corrected chi connectivity index (χ0v) is 12.1. The van der Waals surface area contributed by atoms with E-state index >= 15 is 0 Å². The smallest absolute Gasteiger partial charge is 0.237 e. The van der Waals surface area contributed by atoms with Crippen molar-refractivity contribution < 1.29 is 13.9 Å². The quantitative estimate of drug-likeness (QED) is 0.839. The number of anilines is 1. The van der Waals surface area contributed by atoms with E-state index in [1.807, 2.05) is 0 Å². The Morgan fingerprint density at radius 1 is 1.45 bits per heavy atom. The van der Waals surface area contributed by atoms with Gasteiger partial charge in [-0.2, -0.15) is 0 Å². The average Bonchev–Trinajstić information content (AvgIpc) is 2.42. The van der Waals surface area contributed by atoms with Gasteiger partial charge in [-0.1, -0.05) is 12.2 Å². The van der Waals surface area contributed by atoms with E-state index in [1.54, 1.807) is 6.92 Å². The van der Waals surface area contributed by atoms with Crippen molar-refractivity contribution in [3.05, 3.63) is 29.6 Å². The Kier molecular flexibility index (Phi) is 4.35. The Labute approximate surface area is 122 Å². The second-order valence-corrected chi connectivity index (χ2v) is 5.41. The summed E-state index contributed by atoms with van der Waals surface area (Å²) in [4.78, 5) is 12.7. The molecule has 1 amide bonds. The number of benzene rings is 1. The predicted molar refractivity (Wildman–Crippen MR) is 79.0 cm³/mol. The number of nitrogens with two attached hydrogens (primary N) is 1. The molecule has 108 valence electrons. The molecule has 0 bridgehead atoms. The number of halogens is 1. The number of hydrogen-bond acceptors (Lipinski definition) is 3. The Balaban J connectivity index is 2.22. The summed E-state index contributed by atoms with van der Waals surface area (Å²) in [5.41, 5.74) is 6.12. The van der Waals surface area contributed by atoms with Gasteiger partial charge >= 0.3 is 0 Å². The van der Waals surface area contributed by atoms with E-state index in [9.17, 15) is 9.18 Å². The van der Waals surface area contributed by atoms with Gasteiger partial charge in [0.15, 0.2) is 0 Å². The third-order valence-corrected chi connectivity index (χ3v) is 4.08. The average molecular weight is 296 g/mol. The zero-order chi connectivity index (χ0) is 14.8. The van der Waals surface area contributed by atoms with Gasteiger partial charge in [-0.15, -0.1) is 0 Å². The minimum absolute atomic E-state index is 0.179. The molecule has 1 aromatic carbocycles.